The van der Waals surface area contributed by atoms with Crippen molar-refractivity contribution >= 4 is 22.3 Å². The summed E-state index contributed by atoms with van der Waals surface area (Å²) in [6, 6.07) is -5.01. The van der Waals surface area contributed by atoms with E-state index < -0.39 is 53.7 Å². The Morgan fingerprint density at radius 3 is 2.67 bits per heavy atom. The van der Waals surface area contributed by atoms with Gasteiger partial charge in [0.05, 0.1) is 6.04 Å². The summed E-state index contributed by atoms with van der Waals surface area (Å²) in [7, 11) is -5.38. The first kappa shape index (κ1) is 10.4. The van der Waals surface area contributed by atoms with Gasteiger partial charge in [-0.2, -0.15) is 9.35 Å². The zero-order valence-electron chi connectivity index (χ0n) is 13.2. The Morgan fingerprint density at radius 1 is 1.56 bits per heavy atom. The molecule has 0 unspecified atom stereocenters. The first-order valence-corrected chi connectivity index (χ1v) is 5.68. The number of urea groups is 1. The maximum Gasteiger partial charge on any atom is 1.00 e. The number of hydroxylamine groups is 2. The molecule has 9 nitrogen and oxygen atoms in total. The van der Waals surface area contributed by atoms with E-state index in [1.54, 1.807) is 0 Å². The molecular formula is C7H10N3NaO6S. The molecule has 96 valence electrons. The second kappa shape index (κ2) is 5.31. The molecule has 0 spiro atoms. The number of rotatable bonds is 3. The maximum absolute atomic E-state index is 11.9. The van der Waals surface area contributed by atoms with E-state index >= 15 is 0 Å². The van der Waals surface area contributed by atoms with Gasteiger partial charge in [0, 0.05) is 12.0 Å². The Kier molecular flexibility index (Phi) is 3.07. The normalized spacial score (nSPS) is 35.9. The molecule has 0 aromatic rings. The fourth-order valence-corrected chi connectivity index (χ4v) is 1.94. The first-order valence-electron chi connectivity index (χ1n) is 6.35. The topological polar surface area (TPSA) is 133 Å². The number of primary amides is 1. The summed E-state index contributed by atoms with van der Waals surface area (Å²) in [5, 5.41) is -0.0664. The summed E-state index contributed by atoms with van der Waals surface area (Å²) in [5.74, 6) is -1.30. The molecule has 2 aliphatic heterocycles. The molecule has 0 aromatic carbocycles. The van der Waals surface area contributed by atoms with E-state index in [0.29, 0.717) is 4.90 Å². The number of nitrogens with two attached hydrogens (primary N) is 1. The van der Waals surface area contributed by atoms with Crippen molar-refractivity contribution in [1.29, 1.82) is 0 Å². The van der Waals surface area contributed by atoms with Gasteiger partial charge in [-0.15, -0.1) is 0 Å². The minimum Gasteiger partial charge on any atom is -0.724 e. The van der Waals surface area contributed by atoms with Crippen LogP contribution in [-0.2, 0) is 19.5 Å². The average molecular weight is 291 g/mol. The van der Waals surface area contributed by atoms with Crippen LogP contribution in [0.15, 0.2) is 0 Å². The van der Waals surface area contributed by atoms with Crippen molar-refractivity contribution in [3.63, 3.8) is 0 Å². The van der Waals surface area contributed by atoms with Gasteiger partial charge in [0.1, 0.15) is 6.04 Å². The van der Waals surface area contributed by atoms with Gasteiger partial charge in [-0.3, -0.25) is 4.79 Å². The predicted octanol–water partition coefficient (Wildman–Crippen LogP) is -4.86. The monoisotopic (exact) mass is 291 g/mol. The second-order valence-corrected chi connectivity index (χ2v) is 4.32. The van der Waals surface area contributed by atoms with Crippen molar-refractivity contribution in [1.82, 2.24) is 9.96 Å². The second-order valence-electron chi connectivity index (χ2n) is 3.35. The predicted molar refractivity (Wildman–Crippen MR) is 50.7 cm³/mol. The molecule has 2 rings (SSSR count). The summed E-state index contributed by atoms with van der Waals surface area (Å²) in [4.78, 5) is 23.8. The third kappa shape index (κ3) is 2.95. The molecule has 11 heteroatoms. The van der Waals surface area contributed by atoms with E-state index in [9.17, 15) is 22.6 Å². The Labute approximate surface area is 131 Å². The van der Waals surface area contributed by atoms with Crippen LogP contribution in [0.5, 0.6) is 0 Å². The van der Waals surface area contributed by atoms with Crippen molar-refractivity contribution in [2.24, 2.45) is 5.73 Å². The average Bonchev–Trinajstić information content (AvgIpc) is 2.52. The summed E-state index contributed by atoms with van der Waals surface area (Å²) in [6.07, 6.45) is -5.78. The van der Waals surface area contributed by atoms with Crippen molar-refractivity contribution in [2.45, 2.75) is 24.8 Å². The van der Waals surface area contributed by atoms with Crippen LogP contribution in [0, 0.1) is 0 Å². The molecule has 2 bridgehead atoms. The molecule has 2 fully saturated rings. The fourth-order valence-electron chi connectivity index (χ4n) is 1.58. The van der Waals surface area contributed by atoms with E-state index in [1.807, 2.05) is 0 Å². The molecule has 2 aliphatic rings. The SMILES string of the molecule is [2H]C1([2H])[C@@H](C(N)=O)N2C[C@@H](N(OS(=O)(=O)[O-])C2=O)C1([2H])[2H].[Na+]. The minimum atomic E-state index is -5.38. The molecule has 2 heterocycles. The van der Waals surface area contributed by atoms with Crippen LogP contribution in [0.4, 0.5) is 4.79 Å². The molecule has 0 radical (unpaired) electrons. The number of fused-ring (bicyclic) bond motifs is 2. The van der Waals surface area contributed by atoms with Crippen LogP contribution in [0.1, 0.15) is 18.2 Å². The Bertz CT molecular complexity index is 615. The van der Waals surface area contributed by atoms with Gasteiger partial charge in [0.25, 0.3) is 0 Å². The Balaban J connectivity index is 0.00000242. The summed E-state index contributed by atoms with van der Waals surface area (Å²) in [5.41, 5.74) is 5.00. The van der Waals surface area contributed by atoms with E-state index in [-0.39, 0.29) is 34.6 Å². The molecule has 3 amide bonds. The molecule has 18 heavy (non-hydrogen) atoms. The number of carbonyl (C=O) groups is 2. The van der Waals surface area contributed by atoms with Gasteiger partial charge in [-0.25, -0.2) is 13.2 Å². The van der Waals surface area contributed by atoms with E-state index in [2.05, 4.69) is 4.28 Å². The van der Waals surface area contributed by atoms with Crippen molar-refractivity contribution in [2.75, 3.05) is 6.54 Å². The Hall–Kier alpha value is -0.390. The number of nitrogens with zero attached hydrogens (tertiary/aromatic N) is 2. The van der Waals surface area contributed by atoms with Crippen LogP contribution in [-0.4, -0.2) is 53.5 Å². The van der Waals surface area contributed by atoms with Gasteiger partial charge >= 0.3 is 35.6 Å². The molecule has 2 saturated heterocycles. The third-order valence-electron chi connectivity index (χ3n) is 2.23. The van der Waals surface area contributed by atoms with Gasteiger partial charge in [0.15, 0.2) is 0 Å². The number of hydrogen-bond donors (Lipinski definition) is 1. The van der Waals surface area contributed by atoms with Crippen LogP contribution >= 0.6 is 0 Å². The number of amides is 3. The molecule has 0 saturated carbocycles. The summed E-state index contributed by atoms with van der Waals surface area (Å²) in [6.45, 7) is -0.547. The molecule has 0 aliphatic carbocycles. The standard InChI is InChI=1S/C7H11N3O6S.Na/c8-6(11)5-2-1-4-3-9(5)7(12)10(4)16-17(13,14)15;/h4-5H,1-3H2,(H2,8,11)(H,13,14,15);/q;+1/p-1/t4-,5-;/m0./s1/i1D2,2D2;. The van der Waals surface area contributed by atoms with E-state index in [0.717, 1.165) is 0 Å². The van der Waals surface area contributed by atoms with Crippen LogP contribution in [0.25, 0.3) is 0 Å². The quantitative estimate of drug-likeness (QED) is 0.315. The zero-order chi connectivity index (χ0) is 16.4. The van der Waals surface area contributed by atoms with Gasteiger partial charge in [0.2, 0.25) is 16.3 Å². The zero-order valence-corrected chi connectivity index (χ0v) is 12.0. The van der Waals surface area contributed by atoms with Gasteiger partial charge in [-0.05, 0) is 12.7 Å². The van der Waals surface area contributed by atoms with Crippen LogP contribution < -0.4 is 35.3 Å². The summed E-state index contributed by atoms with van der Waals surface area (Å²) < 4.78 is 66.6. The van der Waals surface area contributed by atoms with Crippen LogP contribution in [0.2, 0.25) is 0 Å². The minimum absolute atomic E-state index is 0. The van der Waals surface area contributed by atoms with Crippen LogP contribution in [0.3, 0.4) is 0 Å². The van der Waals surface area contributed by atoms with Gasteiger partial charge < -0.3 is 15.2 Å². The smallest absolute Gasteiger partial charge is 0.724 e. The fraction of sp³-hybridized carbons (Fsp3) is 0.714. The van der Waals surface area contributed by atoms with Crippen molar-refractivity contribution in [3.05, 3.63) is 0 Å². The molecular weight excluding hydrogens is 277 g/mol. The number of hydrogen-bond acceptors (Lipinski definition) is 6. The van der Waals surface area contributed by atoms with Gasteiger partial charge in [-0.1, -0.05) is 0 Å². The number of piperidine rings is 1. The molecule has 2 atom stereocenters. The molecule has 0 aromatic heterocycles. The number of carbonyl (C=O) groups excluding carboxylic acids is 2. The van der Waals surface area contributed by atoms with Crippen molar-refractivity contribution < 1.29 is 61.9 Å². The largest absolute Gasteiger partial charge is 1.00 e. The summed E-state index contributed by atoms with van der Waals surface area (Å²) >= 11 is 0. The van der Waals surface area contributed by atoms with E-state index in [1.165, 1.54) is 0 Å². The maximum atomic E-state index is 11.9. The first-order chi connectivity index (χ1) is 9.30. The van der Waals surface area contributed by atoms with E-state index in [4.69, 9.17) is 11.2 Å². The van der Waals surface area contributed by atoms with Crippen molar-refractivity contribution in [3.8, 4) is 0 Å². The molecule has 2 N–H and O–H groups in total. The Morgan fingerprint density at radius 2 is 2.17 bits per heavy atom. The third-order valence-corrected chi connectivity index (χ3v) is 2.57.